The number of ketones is 1. The minimum absolute atomic E-state index is 0.0279. The van der Waals surface area contributed by atoms with Crippen LogP contribution in [-0.4, -0.2) is 46.3 Å². The molecule has 0 aliphatic rings. The molecule has 0 atom stereocenters. The van der Waals surface area contributed by atoms with Gasteiger partial charge in [0.05, 0.1) is 22.5 Å². The van der Waals surface area contributed by atoms with Crippen LogP contribution in [0.1, 0.15) is 48.6 Å². The van der Waals surface area contributed by atoms with Gasteiger partial charge in [-0.1, -0.05) is 0 Å². The van der Waals surface area contributed by atoms with E-state index in [4.69, 9.17) is 0 Å². The normalized spacial score (nSPS) is 12.3. The van der Waals surface area contributed by atoms with Crippen LogP contribution in [0.2, 0.25) is 0 Å². The zero-order chi connectivity index (χ0) is 24.8. The van der Waals surface area contributed by atoms with E-state index in [0.29, 0.717) is 11.1 Å². The summed E-state index contributed by atoms with van der Waals surface area (Å²) in [5, 5.41) is 0. The van der Waals surface area contributed by atoms with Gasteiger partial charge in [-0.25, -0.2) is 12.7 Å². The minimum Gasteiger partial charge on any atom is -0.346 e. The molecule has 0 bridgehead atoms. The molecule has 10 heteroatoms. The molecule has 0 unspecified atom stereocenters. The molecule has 0 amide bonds. The standard InChI is InChI=1S/C23H30N4O5S/c1-8-25-19-10-9-17(33(31,32)24(6)7)12-20(19)26(23(30)22(25)29)13-21(28)18-11-15(4)27(14(2)3)16(18)5/h9-12,14H,8,13H2,1-7H3. The molecule has 2 aromatic heterocycles. The molecule has 0 aliphatic heterocycles. The summed E-state index contributed by atoms with van der Waals surface area (Å²) in [5.74, 6) is -0.326. The van der Waals surface area contributed by atoms with E-state index in [1.807, 2.05) is 32.3 Å². The average Bonchev–Trinajstić information content (AvgIpc) is 3.05. The van der Waals surface area contributed by atoms with Crippen LogP contribution in [0.5, 0.6) is 0 Å². The fourth-order valence-corrected chi connectivity index (χ4v) is 5.24. The number of sulfonamides is 1. The van der Waals surface area contributed by atoms with Gasteiger partial charge in [0, 0.05) is 43.6 Å². The van der Waals surface area contributed by atoms with Crippen molar-refractivity contribution in [2.75, 3.05) is 14.1 Å². The van der Waals surface area contributed by atoms with E-state index >= 15 is 0 Å². The van der Waals surface area contributed by atoms with Crippen molar-refractivity contribution in [3.8, 4) is 0 Å². The summed E-state index contributed by atoms with van der Waals surface area (Å²) < 4.78 is 30.8. The van der Waals surface area contributed by atoms with Crippen molar-refractivity contribution < 1.29 is 13.2 Å². The highest BCUT2D eigenvalue weighted by Gasteiger charge is 2.23. The number of nitrogens with zero attached hydrogens (tertiary/aromatic N) is 4. The molecule has 0 fully saturated rings. The van der Waals surface area contributed by atoms with Gasteiger partial charge in [0.25, 0.3) is 0 Å². The van der Waals surface area contributed by atoms with Gasteiger partial charge in [0.2, 0.25) is 10.0 Å². The Morgan fingerprint density at radius 3 is 2.12 bits per heavy atom. The second-order valence-electron chi connectivity index (χ2n) is 8.55. The Morgan fingerprint density at radius 2 is 1.61 bits per heavy atom. The van der Waals surface area contributed by atoms with Crippen LogP contribution in [-0.2, 0) is 23.1 Å². The Hall–Kier alpha value is -2.98. The lowest BCUT2D eigenvalue weighted by molar-refractivity contribution is 0.0971. The second-order valence-corrected chi connectivity index (χ2v) is 10.7. The molecule has 33 heavy (non-hydrogen) atoms. The Kier molecular flexibility index (Phi) is 6.54. The molecule has 0 radical (unpaired) electrons. The van der Waals surface area contributed by atoms with Crippen molar-refractivity contribution in [1.82, 2.24) is 18.0 Å². The fourth-order valence-electron chi connectivity index (χ4n) is 4.32. The largest absolute Gasteiger partial charge is 0.346 e. The van der Waals surface area contributed by atoms with E-state index in [0.717, 1.165) is 20.3 Å². The van der Waals surface area contributed by atoms with Gasteiger partial charge in [-0.2, -0.15) is 0 Å². The molecule has 0 saturated heterocycles. The molecular weight excluding hydrogens is 444 g/mol. The second kappa shape index (κ2) is 8.75. The molecule has 2 heterocycles. The summed E-state index contributed by atoms with van der Waals surface area (Å²) in [4.78, 5) is 39.0. The third-order valence-corrected chi connectivity index (χ3v) is 7.71. The third-order valence-electron chi connectivity index (χ3n) is 5.90. The third kappa shape index (κ3) is 4.08. The van der Waals surface area contributed by atoms with Crippen molar-refractivity contribution in [2.24, 2.45) is 0 Å². The molecule has 178 valence electrons. The predicted molar refractivity (Wildman–Crippen MR) is 128 cm³/mol. The molecule has 1 aromatic carbocycles. The molecule has 0 aliphatic carbocycles. The van der Waals surface area contributed by atoms with Crippen LogP contribution in [0.4, 0.5) is 0 Å². The first kappa shape index (κ1) is 24.7. The van der Waals surface area contributed by atoms with E-state index in [1.165, 1.54) is 36.9 Å². The molecular formula is C23H30N4O5S. The van der Waals surface area contributed by atoms with Crippen molar-refractivity contribution in [2.45, 2.75) is 58.6 Å². The Labute approximate surface area is 192 Å². The topological polar surface area (TPSA) is 103 Å². The molecule has 0 saturated carbocycles. The van der Waals surface area contributed by atoms with Gasteiger partial charge in [0.1, 0.15) is 0 Å². The highest BCUT2D eigenvalue weighted by atomic mass is 32.2. The molecule has 3 aromatic rings. The zero-order valence-corrected chi connectivity index (χ0v) is 20.9. The molecule has 3 rings (SSSR count). The van der Waals surface area contributed by atoms with E-state index in [2.05, 4.69) is 0 Å². The SMILES string of the molecule is CCn1c(=O)c(=O)n(CC(=O)c2cc(C)n(C(C)C)c2C)c2cc(S(=O)(=O)N(C)C)ccc21. The van der Waals surface area contributed by atoms with E-state index in [9.17, 15) is 22.8 Å². The van der Waals surface area contributed by atoms with Crippen LogP contribution < -0.4 is 11.1 Å². The summed E-state index contributed by atoms with van der Waals surface area (Å²) >= 11 is 0. The summed E-state index contributed by atoms with van der Waals surface area (Å²) in [7, 11) is -0.964. The van der Waals surface area contributed by atoms with Gasteiger partial charge < -0.3 is 9.13 Å². The smallest absolute Gasteiger partial charge is 0.317 e. The first-order valence-corrected chi connectivity index (χ1v) is 12.2. The number of hydrogen-bond donors (Lipinski definition) is 0. The van der Waals surface area contributed by atoms with Crippen LogP contribution in [0.3, 0.4) is 0 Å². The van der Waals surface area contributed by atoms with Crippen LogP contribution in [0.25, 0.3) is 11.0 Å². The lowest BCUT2D eigenvalue weighted by Crippen LogP contribution is -2.42. The van der Waals surface area contributed by atoms with Crippen molar-refractivity contribution in [1.29, 1.82) is 0 Å². The number of carbonyl (C=O) groups is 1. The molecule has 0 N–H and O–H groups in total. The summed E-state index contributed by atoms with van der Waals surface area (Å²) in [6.07, 6.45) is 0. The first-order valence-electron chi connectivity index (χ1n) is 10.7. The number of rotatable bonds is 7. The maximum atomic E-state index is 13.3. The highest BCUT2D eigenvalue weighted by molar-refractivity contribution is 7.89. The predicted octanol–water partition coefficient (Wildman–Crippen LogP) is 2.32. The van der Waals surface area contributed by atoms with Gasteiger partial charge >= 0.3 is 11.1 Å². The Morgan fingerprint density at radius 1 is 1.00 bits per heavy atom. The van der Waals surface area contributed by atoms with Gasteiger partial charge in [-0.3, -0.25) is 19.0 Å². The number of hydrogen-bond acceptors (Lipinski definition) is 5. The van der Waals surface area contributed by atoms with Crippen LogP contribution >= 0.6 is 0 Å². The van der Waals surface area contributed by atoms with Crippen LogP contribution in [0, 0.1) is 13.8 Å². The molecule has 9 nitrogen and oxygen atoms in total. The maximum Gasteiger partial charge on any atom is 0.317 e. The van der Waals surface area contributed by atoms with Gasteiger partial charge in [-0.15, -0.1) is 0 Å². The van der Waals surface area contributed by atoms with Crippen molar-refractivity contribution >= 4 is 26.8 Å². The summed E-state index contributed by atoms with van der Waals surface area (Å²) in [5.41, 5.74) is 1.16. The summed E-state index contributed by atoms with van der Waals surface area (Å²) in [6.45, 7) is 9.37. The zero-order valence-electron chi connectivity index (χ0n) is 20.0. The van der Waals surface area contributed by atoms with E-state index in [1.54, 1.807) is 13.0 Å². The van der Waals surface area contributed by atoms with Gasteiger partial charge in [0.15, 0.2) is 5.78 Å². The maximum absolute atomic E-state index is 13.3. The van der Waals surface area contributed by atoms with E-state index in [-0.39, 0.29) is 35.3 Å². The number of benzene rings is 1. The van der Waals surface area contributed by atoms with Crippen LogP contribution in [0.15, 0.2) is 38.8 Å². The monoisotopic (exact) mass is 474 g/mol. The fraction of sp³-hybridized carbons (Fsp3) is 0.435. The minimum atomic E-state index is -3.78. The summed E-state index contributed by atoms with van der Waals surface area (Å²) in [6, 6.07) is 6.18. The van der Waals surface area contributed by atoms with Crippen molar-refractivity contribution in [3.63, 3.8) is 0 Å². The highest BCUT2D eigenvalue weighted by Crippen LogP contribution is 2.23. The molecule has 0 spiro atoms. The Balaban J connectivity index is 2.27. The first-order chi connectivity index (χ1) is 15.3. The number of aryl methyl sites for hydroxylation is 2. The van der Waals surface area contributed by atoms with Crippen molar-refractivity contribution in [3.05, 3.63) is 61.9 Å². The lowest BCUT2D eigenvalue weighted by Gasteiger charge is -2.17. The lowest BCUT2D eigenvalue weighted by atomic mass is 10.1. The number of fused-ring (bicyclic) bond motifs is 1. The number of carbonyl (C=O) groups excluding carboxylic acids is 1. The quantitative estimate of drug-likeness (QED) is 0.386. The average molecular weight is 475 g/mol. The van der Waals surface area contributed by atoms with E-state index < -0.39 is 21.1 Å². The Bertz CT molecular complexity index is 1470. The number of Topliss-reactive ketones (excluding diaryl/α,β-unsaturated/α-hetero) is 1. The number of aromatic nitrogens is 3. The van der Waals surface area contributed by atoms with Gasteiger partial charge in [-0.05, 0) is 58.9 Å².